The number of hydrogen-bond donors (Lipinski definition) is 2. The van der Waals surface area contributed by atoms with Crippen LogP contribution in [0.3, 0.4) is 0 Å². The topological polar surface area (TPSA) is 169 Å². The molecule has 0 spiro atoms. The molecule has 2 fully saturated rings. The summed E-state index contributed by atoms with van der Waals surface area (Å²) in [6.07, 6.45) is -5.47. The van der Waals surface area contributed by atoms with Crippen LogP contribution in [0.1, 0.15) is 72.8 Å². The molecule has 2 aliphatic heterocycles. The van der Waals surface area contributed by atoms with E-state index < -0.39 is 65.9 Å². The number of carbonyl (C=O) groups is 5. The van der Waals surface area contributed by atoms with Gasteiger partial charge in [0, 0.05) is 62.1 Å². The summed E-state index contributed by atoms with van der Waals surface area (Å²) in [6, 6.07) is -2.57. The number of ether oxygens (including phenoxy) is 3. The molecule has 0 saturated carbocycles. The van der Waals surface area contributed by atoms with Crippen LogP contribution in [0.5, 0.6) is 0 Å². The van der Waals surface area contributed by atoms with Crippen LogP contribution < -0.4 is 10.6 Å². The number of nitrogens with zero attached hydrogens (tertiary/aromatic N) is 4. The predicted molar refractivity (Wildman–Crippen MR) is 200 cm³/mol. The van der Waals surface area contributed by atoms with Gasteiger partial charge in [-0.15, -0.1) is 22.7 Å². The molecule has 0 aliphatic carbocycles. The Morgan fingerprint density at radius 1 is 1.07 bits per heavy atom. The normalized spacial score (nSPS) is 19.4. The number of carbonyl (C=O) groups excluding carboxylic acids is 5. The number of rotatable bonds is 17. The number of alkyl halides is 3. The summed E-state index contributed by atoms with van der Waals surface area (Å²) >= 11 is 3.56. The molecule has 0 unspecified atom stereocenters. The first-order valence-corrected chi connectivity index (χ1v) is 20.8. The number of morpholine rings is 1. The van der Waals surface area contributed by atoms with Gasteiger partial charge in [0.15, 0.2) is 11.8 Å². The van der Waals surface area contributed by atoms with Crippen molar-refractivity contribution in [3.05, 3.63) is 32.2 Å². The lowest BCUT2D eigenvalue weighted by atomic mass is 9.94. The summed E-state index contributed by atoms with van der Waals surface area (Å²) in [7, 11) is 4.72. The zero-order chi connectivity index (χ0) is 40.6. The maximum Gasteiger partial charge on any atom is 0.434 e. The van der Waals surface area contributed by atoms with Crippen molar-refractivity contribution >= 4 is 64.1 Å². The van der Waals surface area contributed by atoms with E-state index in [4.69, 9.17) is 14.2 Å². The summed E-state index contributed by atoms with van der Waals surface area (Å²) in [5.41, 5.74) is -1.08. The van der Waals surface area contributed by atoms with E-state index in [0.717, 1.165) is 39.6 Å². The van der Waals surface area contributed by atoms with E-state index in [-0.39, 0.29) is 60.2 Å². The highest BCUT2D eigenvalue weighted by molar-refractivity contribution is 8.00. The number of likely N-dealkylation sites (N-methyl/N-ethyl adjacent to an activating group) is 2. The summed E-state index contributed by atoms with van der Waals surface area (Å²) in [6.45, 7) is 8.03. The van der Waals surface area contributed by atoms with Crippen molar-refractivity contribution in [2.75, 3.05) is 52.5 Å². The average Bonchev–Trinajstić information content (AvgIpc) is 3.79. The first kappa shape index (κ1) is 44.4. The van der Waals surface area contributed by atoms with Crippen LogP contribution in [0.2, 0.25) is 0 Å². The van der Waals surface area contributed by atoms with E-state index in [1.165, 1.54) is 19.4 Å². The van der Waals surface area contributed by atoms with E-state index in [1.54, 1.807) is 30.6 Å². The molecule has 6 atom stereocenters. The number of thioether (sulfide) groups is 1. The smallest absolute Gasteiger partial charge is 0.434 e. The van der Waals surface area contributed by atoms with Gasteiger partial charge in [0.25, 0.3) is 5.91 Å². The third-order valence-corrected chi connectivity index (χ3v) is 12.8. The van der Waals surface area contributed by atoms with Crippen LogP contribution >= 0.6 is 34.4 Å². The number of nitrogens with one attached hydrogen (secondary N) is 2. The fraction of sp³-hybridized carbons (Fsp3) is 0.686. The van der Waals surface area contributed by atoms with Gasteiger partial charge in [-0.3, -0.25) is 28.9 Å². The van der Waals surface area contributed by atoms with Crippen LogP contribution in [0.4, 0.5) is 13.2 Å². The molecule has 0 bridgehead atoms. The molecule has 2 aromatic rings. The van der Waals surface area contributed by atoms with E-state index >= 15 is 0 Å². The third kappa shape index (κ3) is 12.1. The number of thiazole rings is 2. The Bertz CT molecular complexity index is 1650. The van der Waals surface area contributed by atoms with Gasteiger partial charge in [0.2, 0.25) is 11.8 Å². The zero-order valence-corrected chi connectivity index (χ0v) is 34.3. The molecule has 306 valence electrons. The maximum atomic E-state index is 14.2. The molecule has 2 saturated heterocycles. The van der Waals surface area contributed by atoms with Crippen LogP contribution in [-0.4, -0.2) is 126 Å². The maximum absolute atomic E-state index is 14.2. The lowest BCUT2D eigenvalue weighted by molar-refractivity contribution is -0.149. The Labute approximate surface area is 330 Å². The van der Waals surface area contributed by atoms with Crippen LogP contribution in [0.25, 0.3) is 0 Å². The molecule has 0 radical (unpaired) electrons. The Balaban J connectivity index is 1.51. The van der Waals surface area contributed by atoms with Gasteiger partial charge < -0.3 is 29.7 Å². The molecule has 2 aliphatic rings. The summed E-state index contributed by atoms with van der Waals surface area (Å²) < 4.78 is 55.7. The largest absolute Gasteiger partial charge is 0.469 e. The third-order valence-electron chi connectivity index (χ3n) is 9.65. The average molecular weight is 835 g/mol. The van der Waals surface area contributed by atoms with Crippen molar-refractivity contribution < 1.29 is 51.4 Å². The fourth-order valence-corrected chi connectivity index (χ4v) is 9.00. The molecule has 2 N–H and O–H groups in total. The van der Waals surface area contributed by atoms with Crippen molar-refractivity contribution in [2.24, 2.45) is 17.8 Å². The van der Waals surface area contributed by atoms with Crippen LogP contribution in [-0.2, 0) is 46.0 Å². The second-order valence-corrected chi connectivity index (χ2v) is 17.1. The van der Waals surface area contributed by atoms with Crippen molar-refractivity contribution in [2.45, 2.75) is 83.4 Å². The zero-order valence-electron chi connectivity index (χ0n) is 31.8. The SMILES string of the molecule is COC(=O)[C@@H](C)C[C@H](Cc1nc(C(F)(F)F)cs1)NC(=O)c1csc([C@@H](C[C@H](C(C)C)N(C)C(=O)[C@@H](NC(=O)[C@H]2COCCN2C)C2CSC2)OC(C)=O)n1. The van der Waals surface area contributed by atoms with Gasteiger partial charge in [-0.05, 0) is 30.9 Å². The Hall–Kier alpha value is -3.33. The van der Waals surface area contributed by atoms with Gasteiger partial charge in [-0.25, -0.2) is 9.97 Å². The Morgan fingerprint density at radius 2 is 1.78 bits per heavy atom. The number of methoxy groups -OCH3 is 1. The lowest BCUT2D eigenvalue weighted by Crippen LogP contribution is -2.61. The first-order valence-electron chi connectivity index (χ1n) is 17.8. The van der Waals surface area contributed by atoms with Gasteiger partial charge in [0.05, 0.1) is 31.2 Å². The standard InChI is InChI=1S/C35H49F3N6O8S3/c1-18(2)24(44(6)33(48)29(21-14-53-15-21)42-31(47)25-13-51-9-8-43(25)5)12-26(52-20(4)45)32-40-23(16-55-32)30(46)39-22(10-19(3)34(49)50-7)11-28-41-27(17-54-28)35(36,37)38/h16-19,21-22,24-26,29H,8-15H2,1-7H3,(H,39,46)(H,42,47)/t19-,22+,24+,25+,26+,29-/m0/s1. The van der Waals surface area contributed by atoms with Gasteiger partial charge >= 0.3 is 18.1 Å². The molecular weight excluding hydrogens is 786 g/mol. The van der Waals surface area contributed by atoms with Crippen molar-refractivity contribution in [3.63, 3.8) is 0 Å². The second kappa shape index (κ2) is 19.7. The predicted octanol–water partition coefficient (Wildman–Crippen LogP) is 3.81. The first-order chi connectivity index (χ1) is 25.9. The minimum atomic E-state index is -4.63. The summed E-state index contributed by atoms with van der Waals surface area (Å²) in [5, 5.41) is 8.55. The number of aromatic nitrogens is 2. The van der Waals surface area contributed by atoms with E-state index in [0.29, 0.717) is 18.2 Å². The molecule has 55 heavy (non-hydrogen) atoms. The molecule has 0 aromatic carbocycles. The number of esters is 2. The van der Waals surface area contributed by atoms with Crippen molar-refractivity contribution in [3.8, 4) is 0 Å². The van der Waals surface area contributed by atoms with Crippen molar-refractivity contribution in [1.82, 2.24) is 30.4 Å². The quantitative estimate of drug-likeness (QED) is 0.222. The second-order valence-electron chi connectivity index (χ2n) is 14.2. The summed E-state index contributed by atoms with van der Waals surface area (Å²) in [5.74, 6) is -1.80. The molecule has 4 rings (SSSR count). The minimum absolute atomic E-state index is 0.0320. The Kier molecular flexibility index (Phi) is 15.9. The molecule has 14 nitrogen and oxygen atoms in total. The van der Waals surface area contributed by atoms with Crippen LogP contribution in [0.15, 0.2) is 10.8 Å². The molecule has 4 heterocycles. The Morgan fingerprint density at radius 3 is 2.35 bits per heavy atom. The highest BCUT2D eigenvalue weighted by Crippen LogP contribution is 2.34. The lowest BCUT2D eigenvalue weighted by Gasteiger charge is -2.40. The molecule has 3 amide bonds. The summed E-state index contributed by atoms with van der Waals surface area (Å²) in [4.78, 5) is 77.3. The molecular formula is C35H49F3N6O8S3. The highest BCUT2D eigenvalue weighted by atomic mass is 32.2. The number of amides is 3. The number of hydrogen-bond acceptors (Lipinski definition) is 14. The van der Waals surface area contributed by atoms with Gasteiger partial charge in [0.1, 0.15) is 22.8 Å². The van der Waals surface area contributed by atoms with E-state index in [2.05, 4.69) is 20.6 Å². The van der Waals surface area contributed by atoms with Crippen LogP contribution in [0, 0.1) is 17.8 Å². The molecule has 2 aromatic heterocycles. The van der Waals surface area contributed by atoms with E-state index in [1.807, 2.05) is 25.8 Å². The highest BCUT2D eigenvalue weighted by Gasteiger charge is 2.41. The van der Waals surface area contributed by atoms with Gasteiger partial charge in [-0.1, -0.05) is 20.8 Å². The van der Waals surface area contributed by atoms with Gasteiger partial charge in [-0.2, -0.15) is 24.9 Å². The number of halogens is 3. The fourth-order valence-electron chi connectivity index (χ4n) is 6.38. The van der Waals surface area contributed by atoms with E-state index in [9.17, 15) is 37.1 Å². The van der Waals surface area contributed by atoms with Crippen molar-refractivity contribution in [1.29, 1.82) is 0 Å². The molecule has 20 heteroatoms. The monoisotopic (exact) mass is 834 g/mol. The minimum Gasteiger partial charge on any atom is -0.469 e.